The average molecular weight is 505 g/mol. The van der Waals surface area contributed by atoms with Gasteiger partial charge < -0.3 is 18.9 Å². The van der Waals surface area contributed by atoms with Crippen LogP contribution in [0.25, 0.3) is 43.6 Å². The molecule has 0 radical (unpaired) electrons. The van der Waals surface area contributed by atoms with Gasteiger partial charge in [-0.05, 0) is 24.1 Å². The predicted octanol–water partition coefficient (Wildman–Crippen LogP) is 5.12. The van der Waals surface area contributed by atoms with Crippen LogP contribution in [0.5, 0.6) is 5.75 Å². The molecule has 1 unspecified atom stereocenters. The number of hydrogen-bond donors (Lipinski definition) is 0. The fraction of sp³-hybridized carbons (Fsp3) is 0.280. The first kappa shape index (κ1) is 22.1. The minimum Gasteiger partial charge on any atom is -0.497 e. The number of benzene rings is 1. The number of methoxy groups -OCH3 is 2. The minimum absolute atomic E-state index is 0.177. The van der Waals surface area contributed by atoms with Crippen molar-refractivity contribution in [3.8, 4) is 39.1 Å². The lowest BCUT2D eigenvalue weighted by Gasteiger charge is -2.19. The normalized spacial score (nSPS) is 15.9. The molecular weight excluding hydrogens is 480 g/mol. The molecule has 0 N–H and O–H groups in total. The zero-order valence-corrected chi connectivity index (χ0v) is 21.3. The highest BCUT2D eigenvalue weighted by molar-refractivity contribution is 7.22. The molecule has 178 valence electrons. The number of thiazole rings is 1. The van der Waals surface area contributed by atoms with Gasteiger partial charge in [0, 0.05) is 55.5 Å². The van der Waals surface area contributed by atoms with Crippen LogP contribution in [0.4, 0.5) is 5.82 Å². The number of rotatable bonds is 6. The number of aryl methyl sites for hydroxylation is 1. The Hall–Kier alpha value is -3.34. The molecule has 0 amide bonds. The smallest absolute Gasteiger partial charge is 0.199 e. The Kier molecular flexibility index (Phi) is 5.71. The van der Waals surface area contributed by atoms with Crippen molar-refractivity contribution in [2.75, 3.05) is 32.2 Å². The van der Waals surface area contributed by atoms with E-state index in [1.54, 1.807) is 43.1 Å². The molecule has 5 aromatic rings. The number of aromatic nitrogens is 5. The first-order chi connectivity index (χ1) is 17.2. The van der Waals surface area contributed by atoms with Crippen molar-refractivity contribution in [3.05, 3.63) is 47.5 Å². The molecule has 1 atom stereocenters. The van der Waals surface area contributed by atoms with E-state index in [0.717, 1.165) is 68.8 Å². The molecule has 0 spiro atoms. The van der Waals surface area contributed by atoms with E-state index in [2.05, 4.69) is 27.4 Å². The number of imidazole rings is 1. The SMILES string of the molecule is COc1cccc(-c2sc3nc(-c4nccn4C)nc(N4CCC(OC)C4)c3c2-c2cscn2)c1. The van der Waals surface area contributed by atoms with Crippen LogP contribution in [0.15, 0.2) is 47.5 Å². The monoisotopic (exact) mass is 504 g/mol. The number of fused-ring (bicyclic) bond motifs is 1. The van der Waals surface area contributed by atoms with E-state index < -0.39 is 0 Å². The summed E-state index contributed by atoms with van der Waals surface area (Å²) in [6.07, 6.45) is 4.82. The molecule has 0 bridgehead atoms. The van der Waals surface area contributed by atoms with Gasteiger partial charge in [-0.3, -0.25) is 0 Å². The number of hydrogen-bond acceptors (Lipinski definition) is 9. The number of nitrogens with zero attached hydrogens (tertiary/aromatic N) is 6. The third kappa shape index (κ3) is 3.87. The largest absolute Gasteiger partial charge is 0.497 e. The number of thiophene rings is 1. The summed E-state index contributed by atoms with van der Waals surface area (Å²) >= 11 is 3.24. The lowest BCUT2D eigenvalue weighted by molar-refractivity contribution is 0.121. The second-order valence-corrected chi connectivity index (χ2v) is 10.1. The van der Waals surface area contributed by atoms with Crippen LogP contribution < -0.4 is 9.64 Å². The molecule has 10 heteroatoms. The maximum Gasteiger partial charge on any atom is 0.199 e. The summed E-state index contributed by atoms with van der Waals surface area (Å²) in [5, 5.41) is 3.11. The van der Waals surface area contributed by atoms with Gasteiger partial charge in [0.1, 0.15) is 16.4 Å². The summed E-state index contributed by atoms with van der Waals surface area (Å²) in [4.78, 5) is 23.7. The number of anilines is 1. The van der Waals surface area contributed by atoms with Gasteiger partial charge in [-0.15, -0.1) is 22.7 Å². The van der Waals surface area contributed by atoms with Gasteiger partial charge in [0.05, 0.1) is 29.8 Å². The highest BCUT2D eigenvalue weighted by Gasteiger charge is 2.30. The van der Waals surface area contributed by atoms with Gasteiger partial charge in [-0.25, -0.2) is 19.9 Å². The van der Waals surface area contributed by atoms with Crippen molar-refractivity contribution in [1.29, 1.82) is 0 Å². The maximum absolute atomic E-state index is 5.68. The Morgan fingerprint density at radius 3 is 2.77 bits per heavy atom. The van der Waals surface area contributed by atoms with Crippen molar-refractivity contribution in [2.45, 2.75) is 12.5 Å². The molecule has 4 aromatic heterocycles. The van der Waals surface area contributed by atoms with Crippen LogP contribution >= 0.6 is 22.7 Å². The lowest BCUT2D eigenvalue weighted by atomic mass is 10.0. The van der Waals surface area contributed by atoms with E-state index in [-0.39, 0.29) is 6.10 Å². The molecule has 0 aliphatic carbocycles. The van der Waals surface area contributed by atoms with E-state index in [9.17, 15) is 0 Å². The van der Waals surface area contributed by atoms with Crippen LogP contribution in [0.1, 0.15) is 6.42 Å². The summed E-state index contributed by atoms with van der Waals surface area (Å²) in [6.45, 7) is 1.65. The Bertz CT molecular complexity index is 1490. The zero-order chi connectivity index (χ0) is 23.9. The molecule has 35 heavy (non-hydrogen) atoms. The van der Waals surface area contributed by atoms with Gasteiger partial charge in [0.2, 0.25) is 0 Å². The highest BCUT2D eigenvalue weighted by atomic mass is 32.1. The second-order valence-electron chi connectivity index (χ2n) is 8.42. The van der Waals surface area contributed by atoms with Gasteiger partial charge in [-0.1, -0.05) is 12.1 Å². The van der Waals surface area contributed by atoms with E-state index >= 15 is 0 Å². The van der Waals surface area contributed by atoms with Crippen LogP contribution in [-0.2, 0) is 11.8 Å². The first-order valence-electron chi connectivity index (χ1n) is 11.3. The summed E-state index contributed by atoms with van der Waals surface area (Å²) in [7, 11) is 5.42. The van der Waals surface area contributed by atoms with Crippen LogP contribution in [0.2, 0.25) is 0 Å². The zero-order valence-electron chi connectivity index (χ0n) is 19.6. The van der Waals surface area contributed by atoms with Crippen molar-refractivity contribution in [2.24, 2.45) is 7.05 Å². The van der Waals surface area contributed by atoms with Crippen molar-refractivity contribution >= 4 is 38.7 Å². The van der Waals surface area contributed by atoms with Gasteiger partial charge >= 0.3 is 0 Å². The topological polar surface area (TPSA) is 78.2 Å². The molecule has 1 fully saturated rings. The summed E-state index contributed by atoms with van der Waals surface area (Å²) in [6, 6.07) is 8.13. The third-order valence-electron chi connectivity index (χ3n) is 6.35. The van der Waals surface area contributed by atoms with E-state index in [0.29, 0.717) is 5.82 Å². The first-order valence-corrected chi connectivity index (χ1v) is 13.0. The van der Waals surface area contributed by atoms with Crippen molar-refractivity contribution in [3.63, 3.8) is 0 Å². The van der Waals surface area contributed by atoms with Gasteiger partial charge in [0.15, 0.2) is 11.6 Å². The summed E-state index contributed by atoms with van der Waals surface area (Å²) < 4.78 is 13.1. The molecule has 8 nitrogen and oxygen atoms in total. The Labute approximate surface area is 210 Å². The standard InChI is InChI=1S/C25H24N6O2S2/c1-30-10-8-26-24(30)22-28-23(31-9-7-17(12-31)33-3)20-19(18-13-34-14-27-18)21(35-25(20)29-22)15-5-4-6-16(11-15)32-2/h4-6,8,10-11,13-14,17H,7,9,12H2,1-3H3. The van der Waals surface area contributed by atoms with E-state index in [1.165, 1.54) is 0 Å². The molecular formula is C25H24N6O2S2. The summed E-state index contributed by atoms with van der Waals surface area (Å²) in [5.74, 6) is 3.07. The Balaban J connectivity index is 1.65. The molecule has 1 aliphatic rings. The average Bonchev–Trinajstić information content (AvgIpc) is 3.69. The molecule has 5 heterocycles. The van der Waals surface area contributed by atoms with Crippen molar-refractivity contribution < 1.29 is 9.47 Å². The van der Waals surface area contributed by atoms with E-state index in [4.69, 9.17) is 24.4 Å². The fourth-order valence-corrected chi connectivity index (χ4v) is 6.27. The fourth-order valence-electron chi connectivity index (χ4n) is 4.55. The molecule has 0 saturated carbocycles. The third-order valence-corrected chi connectivity index (χ3v) is 8.07. The second kappa shape index (κ2) is 9.03. The molecule has 1 aliphatic heterocycles. The number of ether oxygens (including phenoxy) is 2. The van der Waals surface area contributed by atoms with Crippen LogP contribution in [0.3, 0.4) is 0 Å². The van der Waals surface area contributed by atoms with E-state index in [1.807, 2.05) is 35.5 Å². The minimum atomic E-state index is 0.177. The predicted molar refractivity (Wildman–Crippen MR) is 140 cm³/mol. The molecule has 6 rings (SSSR count). The Morgan fingerprint density at radius 1 is 1.14 bits per heavy atom. The lowest BCUT2D eigenvalue weighted by Crippen LogP contribution is -2.23. The highest BCUT2D eigenvalue weighted by Crippen LogP contribution is 2.48. The van der Waals surface area contributed by atoms with Crippen LogP contribution in [0, 0.1) is 0 Å². The Morgan fingerprint density at radius 2 is 2.06 bits per heavy atom. The van der Waals surface area contributed by atoms with Gasteiger partial charge in [0.25, 0.3) is 0 Å². The quantitative estimate of drug-likeness (QED) is 0.318. The molecule has 1 aromatic carbocycles. The van der Waals surface area contributed by atoms with Crippen molar-refractivity contribution in [1.82, 2.24) is 24.5 Å². The van der Waals surface area contributed by atoms with Gasteiger partial charge in [-0.2, -0.15) is 0 Å². The molecule has 1 saturated heterocycles. The maximum atomic E-state index is 5.68. The van der Waals surface area contributed by atoms with Crippen LogP contribution in [-0.4, -0.2) is 57.9 Å². The summed E-state index contributed by atoms with van der Waals surface area (Å²) in [5.41, 5.74) is 4.92.